The third-order valence-electron chi connectivity index (χ3n) is 5.26. The molecule has 1 aliphatic carbocycles. The number of carbonyl (C=O) groups excluding carboxylic acids is 1. The van der Waals surface area contributed by atoms with Crippen LogP contribution in [0.5, 0.6) is 0 Å². The second-order valence-electron chi connectivity index (χ2n) is 7.53. The SMILES string of the molecule is COC(=O)C=CCCCC[C@H]1C(O)CC(O)[C@@H]1SCC(O)Cc1ccc(F)cc1. The number of unbranched alkanes of at least 4 members (excludes halogenated alkanes) is 2. The fourth-order valence-electron chi connectivity index (χ4n) is 3.72. The van der Waals surface area contributed by atoms with Crippen LogP contribution in [0.2, 0.25) is 0 Å². The molecule has 1 fully saturated rings. The lowest BCUT2D eigenvalue weighted by Crippen LogP contribution is -2.27. The summed E-state index contributed by atoms with van der Waals surface area (Å²) >= 11 is 1.50. The summed E-state index contributed by atoms with van der Waals surface area (Å²) in [7, 11) is 1.34. The zero-order chi connectivity index (χ0) is 21.2. The van der Waals surface area contributed by atoms with E-state index in [1.54, 1.807) is 18.2 Å². The lowest BCUT2D eigenvalue weighted by Gasteiger charge is -2.24. The van der Waals surface area contributed by atoms with E-state index in [0.717, 1.165) is 31.2 Å². The molecular weight excluding hydrogens is 395 g/mol. The van der Waals surface area contributed by atoms with E-state index in [2.05, 4.69) is 4.74 Å². The average molecular weight is 427 g/mol. The number of esters is 1. The van der Waals surface area contributed by atoms with Gasteiger partial charge in [0.2, 0.25) is 0 Å². The van der Waals surface area contributed by atoms with Crippen molar-refractivity contribution in [3.05, 3.63) is 47.8 Å². The first-order chi connectivity index (χ1) is 13.9. The minimum Gasteiger partial charge on any atom is -0.466 e. The number of hydrogen-bond donors (Lipinski definition) is 3. The normalized spacial score (nSPS) is 25.4. The van der Waals surface area contributed by atoms with Gasteiger partial charge < -0.3 is 20.1 Å². The van der Waals surface area contributed by atoms with Crippen LogP contribution in [0.15, 0.2) is 36.4 Å². The fourth-order valence-corrected chi connectivity index (χ4v) is 5.18. The van der Waals surface area contributed by atoms with Crippen LogP contribution >= 0.6 is 11.8 Å². The van der Waals surface area contributed by atoms with Crippen molar-refractivity contribution in [1.29, 1.82) is 0 Å². The molecule has 5 nitrogen and oxygen atoms in total. The number of thioether (sulfide) groups is 1. The Morgan fingerprint density at radius 3 is 2.69 bits per heavy atom. The summed E-state index contributed by atoms with van der Waals surface area (Å²) in [5.41, 5.74) is 0.864. The Labute approximate surface area is 176 Å². The Kier molecular flexibility index (Phi) is 10.1. The molecule has 0 radical (unpaired) electrons. The summed E-state index contributed by atoms with van der Waals surface area (Å²) in [4.78, 5) is 11.0. The third kappa shape index (κ3) is 8.09. The van der Waals surface area contributed by atoms with E-state index < -0.39 is 18.3 Å². The minimum absolute atomic E-state index is 0.0161. The molecule has 7 heteroatoms. The quantitative estimate of drug-likeness (QED) is 0.287. The largest absolute Gasteiger partial charge is 0.466 e. The van der Waals surface area contributed by atoms with E-state index in [1.165, 1.54) is 37.1 Å². The van der Waals surface area contributed by atoms with Crippen LogP contribution in [0.25, 0.3) is 0 Å². The number of carbonyl (C=O) groups is 1. The summed E-state index contributed by atoms with van der Waals surface area (Å²) in [6.45, 7) is 0. The Balaban J connectivity index is 1.75. The van der Waals surface area contributed by atoms with E-state index in [1.807, 2.05) is 0 Å². The standard InChI is InChI=1S/C22H31FO5S/c1-28-21(27)7-5-3-2-4-6-18-19(25)13-20(26)22(18)29-14-17(24)12-15-8-10-16(23)11-9-15/h5,7-11,17-20,22,24-26H,2-4,6,12-14H2,1H3/t17?,18-,19?,20?,22+/m0/s1. The number of halogens is 1. The fraction of sp³-hybridized carbons (Fsp3) is 0.591. The Bertz CT molecular complexity index is 651. The van der Waals surface area contributed by atoms with Gasteiger partial charge in [0.25, 0.3) is 0 Å². The van der Waals surface area contributed by atoms with Gasteiger partial charge >= 0.3 is 5.97 Å². The first-order valence-corrected chi connectivity index (χ1v) is 11.1. The van der Waals surface area contributed by atoms with E-state index in [9.17, 15) is 24.5 Å². The Morgan fingerprint density at radius 1 is 1.28 bits per heavy atom. The second-order valence-corrected chi connectivity index (χ2v) is 8.74. The first kappa shape index (κ1) is 23.9. The molecule has 2 rings (SSSR count). The van der Waals surface area contributed by atoms with Gasteiger partial charge in [-0.15, -0.1) is 0 Å². The van der Waals surface area contributed by atoms with E-state index in [-0.39, 0.29) is 23.0 Å². The molecular formula is C22H31FO5S. The number of rotatable bonds is 11. The van der Waals surface area contributed by atoms with E-state index in [4.69, 9.17) is 0 Å². The number of aliphatic hydroxyl groups excluding tert-OH is 3. The highest BCUT2D eigenvalue weighted by Crippen LogP contribution is 2.39. The summed E-state index contributed by atoms with van der Waals surface area (Å²) < 4.78 is 17.5. The van der Waals surface area contributed by atoms with Crippen LogP contribution < -0.4 is 0 Å². The van der Waals surface area contributed by atoms with Gasteiger partial charge in [-0.25, -0.2) is 9.18 Å². The van der Waals surface area contributed by atoms with Crippen LogP contribution in [0.1, 0.15) is 37.7 Å². The van der Waals surface area contributed by atoms with E-state index in [0.29, 0.717) is 18.6 Å². The second kappa shape index (κ2) is 12.3. The third-order valence-corrected chi connectivity index (χ3v) is 6.88. The number of hydrogen-bond acceptors (Lipinski definition) is 6. The highest BCUT2D eigenvalue weighted by molar-refractivity contribution is 8.00. The zero-order valence-electron chi connectivity index (χ0n) is 16.7. The van der Waals surface area contributed by atoms with Gasteiger partial charge in [0.1, 0.15) is 5.82 Å². The molecule has 1 aromatic carbocycles. The highest BCUT2D eigenvalue weighted by Gasteiger charge is 2.41. The van der Waals surface area contributed by atoms with Crippen LogP contribution in [0, 0.1) is 11.7 Å². The van der Waals surface area contributed by atoms with Crippen molar-refractivity contribution in [2.75, 3.05) is 12.9 Å². The summed E-state index contributed by atoms with van der Waals surface area (Å²) in [5.74, 6) is -0.235. The molecule has 0 amide bonds. The van der Waals surface area contributed by atoms with Crippen LogP contribution in [0.4, 0.5) is 4.39 Å². The molecule has 3 unspecified atom stereocenters. The van der Waals surface area contributed by atoms with Crippen LogP contribution in [0.3, 0.4) is 0 Å². The summed E-state index contributed by atoms with van der Waals surface area (Å²) in [5, 5.41) is 30.8. The molecule has 0 spiro atoms. The molecule has 0 aromatic heterocycles. The van der Waals surface area contributed by atoms with Crippen molar-refractivity contribution >= 4 is 17.7 Å². The van der Waals surface area contributed by atoms with Gasteiger partial charge in [-0.1, -0.05) is 24.6 Å². The monoisotopic (exact) mass is 426 g/mol. The number of aliphatic hydroxyl groups is 3. The lowest BCUT2D eigenvalue weighted by atomic mass is 9.97. The Morgan fingerprint density at radius 2 is 2.00 bits per heavy atom. The molecule has 5 atom stereocenters. The van der Waals surface area contributed by atoms with Crippen molar-refractivity contribution in [1.82, 2.24) is 0 Å². The van der Waals surface area contributed by atoms with Crippen LogP contribution in [-0.2, 0) is 16.0 Å². The topological polar surface area (TPSA) is 87.0 Å². The van der Waals surface area contributed by atoms with Crippen molar-refractivity contribution in [3.63, 3.8) is 0 Å². The van der Waals surface area contributed by atoms with Crippen molar-refractivity contribution in [3.8, 4) is 0 Å². The van der Waals surface area contributed by atoms with Gasteiger partial charge in [-0.05, 0) is 49.3 Å². The first-order valence-electron chi connectivity index (χ1n) is 10.1. The maximum absolute atomic E-state index is 13.0. The van der Waals surface area contributed by atoms with Gasteiger partial charge in [-0.3, -0.25) is 0 Å². The molecule has 1 aromatic rings. The molecule has 0 aliphatic heterocycles. The molecule has 162 valence electrons. The Hall–Kier alpha value is -1.41. The van der Waals surface area contributed by atoms with E-state index >= 15 is 0 Å². The van der Waals surface area contributed by atoms with Gasteiger partial charge in [-0.2, -0.15) is 11.8 Å². The maximum atomic E-state index is 13.0. The molecule has 0 heterocycles. The molecule has 1 aliphatic rings. The number of methoxy groups -OCH3 is 1. The van der Waals surface area contributed by atoms with Gasteiger partial charge in [0.05, 0.1) is 25.4 Å². The minimum atomic E-state index is -0.598. The highest BCUT2D eigenvalue weighted by atomic mass is 32.2. The lowest BCUT2D eigenvalue weighted by molar-refractivity contribution is -0.134. The average Bonchev–Trinajstić information content (AvgIpc) is 2.97. The summed E-state index contributed by atoms with van der Waals surface area (Å²) in [6.07, 6.45) is 5.57. The summed E-state index contributed by atoms with van der Waals surface area (Å²) in [6, 6.07) is 6.08. The predicted octanol–water partition coefficient (Wildman–Crippen LogP) is 2.86. The van der Waals surface area contributed by atoms with Crippen molar-refractivity contribution in [2.24, 2.45) is 5.92 Å². The molecule has 1 saturated carbocycles. The van der Waals surface area contributed by atoms with Crippen LogP contribution in [-0.4, -0.2) is 57.7 Å². The number of benzene rings is 1. The maximum Gasteiger partial charge on any atom is 0.330 e. The van der Waals surface area contributed by atoms with Crippen molar-refractivity contribution < 1.29 is 29.2 Å². The number of allylic oxidation sites excluding steroid dienone is 1. The smallest absolute Gasteiger partial charge is 0.330 e. The number of ether oxygens (including phenoxy) is 1. The molecule has 3 N–H and O–H groups in total. The predicted molar refractivity (Wildman–Crippen MR) is 112 cm³/mol. The molecule has 29 heavy (non-hydrogen) atoms. The van der Waals surface area contributed by atoms with Gasteiger partial charge in [0, 0.05) is 23.5 Å². The molecule has 0 saturated heterocycles. The van der Waals surface area contributed by atoms with Crippen molar-refractivity contribution in [2.45, 2.75) is 62.1 Å². The molecule has 0 bridgehead atoms. The van der Waals surface area contributed by atoms with Gasteiger partial charge in [0.15, 0.2) is 0 Å². The zero-order valence-corrected chi connectivity index (χ0v) is 17.6.